The molecule has 2 rings (SSSR count). The van der Waals surface area contributed by atoms with Gasteiger partial charge < -0.3 is 10.6 Å². The van der Waals surface area contributed by atoms with Crippen LogP contribution in [0.2, 0.25) is 0 Å². The molecule has 0 saturated carbocycles. The van der Waals surface area contributed by atoms with Crippen LogP contribution in [-0.2, 0) is 0 Å². The van der Waals surface area contributed by atoms with E-state index in [4.69, 9.17) is 0 Å². The number of aromatic nitrogens is 1. The minimum absolute atomic E-state index is 0.178. The van der Waals surface area contributed by atoms with Gasteiger partial charge in [-0.15, -0.1) is 6.58 Å². The Morgan fingerprint density at radius 1 is 1.26 bits per heavy atom. The zero-order chi connectivity index (χ0) is 16.8. The molecule has 2 N–H and O–H groups in total. The molecule has 0 aliphatic rings. The summed E-state index contributed by atoms with van der Waals surface area (Å²) in [4.78, 5) is 28.2. The summed E-state index contributed by atoms with van der Waals surface area (Å²) < 4.78 is 0.967. The standard InChI is InChI=1S/C17H16BrN3O2/c1-3-7-20-16(22)12-6-8-19-15(10-12)17(23)21-13-4-5-14(18)11(2)9-13/h3-6,8-10H,1,7H2,2H3,(H,20,22)(H,21,23). The number of anilines is 1. The largest absolute Gasteiger partial charge is 0.349 e. The predicted octanol–water partition coefficient (Wildman–Crippen LogP) is 3.32. The van der Waals surface area contributed by atoms with Crippen LogP contribution in [0.15, 0.2) is 53.7 Å². The molecule has 1 aromatic carbocycles. The molecule has 0 aliphatic heterocycles. The summed E-state index contributed by atoms with van der Waals surface area (Å²) in [5.41, 5.74) is 2.23. The summed E-state index contributed by atoms with van der Waals surface area (Å²) in [5, 5.41) is 5.42. The number of rotatable bonds is 5. The van der Waals surface area contributed by atoms with Crippen LogP contribution in [0.1, 0.15) is 26.4 Å². The average molecular weight is 374 g/mol. The van der Waals surface area contributed by atoms with Crippen LogP contribution in [0.4, 0.5) is 5.69 Å². The SMILES string of the molecule is C=CCNC(=O)c1ccnc(C(=O)Nc2ccc(Br)c(C)c2)c1. The molecule has 23 heavy (non-hydrogen) atoms. The topological polar surface area (TPSA) is 71.1 Å². The number of pyridine rings is 1. The van der Waals surface area contributed by atoms with Crippen molar-refractivity contribution >= 4 is 33.4 Å². The summed E-state index contributed by atoms with van der Waals surface area (Å²) in [6, 6.07) is 8.51. The van der Waals surface area contributed by atoms with E-state index in [0.717, 1.165) is 10.0 Å². The number of halogens is 1. The summed E-state index contributed by atoms with van der Waals surface area (Å²) in [6.45, 7) is 5.83. The number of carbonyl (C=O) groups is 2. The van der Waals surface area contributed by atoms with Crippen molar-refractivity contribution in [2.24, 2.45) is 0 Å². The maximum absolute atomic E-state index is 12.3. The van der Waals surface area contributed by atoms with Crippen molar-refractivity contribution in [3.05, 3.63) is 70.5 Å². The lowest BCUT2D eigenvalue weighted by Crippen LogP contribution is -2.24. The van der Waals surface area contributed by atoms with Gasteiger partial charge in [0.25, 0.3) is 11.8 Å². The van der Waals surface area contributed by atoms with Crippen molar-refractivity contribution in [1.82, 2.24) is 10.3 Å². The Labute approximate surface area is 142 Å². The Morgan fingerprint density at radius 3 is 2.74 bits per heavy atom. The van der Waals surface area contributed by atoms with Gasteiger partial charge in [-0.1, -0.05) is 22.0 Å². The smallest absolute Gasteiger partial charge is 0.274 e. The molecule has 5 nitrogen and oxygen atoms in total. The van der Waals surface area contributed by atoms with Gasteiger partial charge in [-0.3, -0.25) is 14.6 Å². The van der Waals surface area contributed by atoms with Crippen molar-refractivity contribution < 1.29 is 9.59 Å². The Kier molecular flexibility index (Phi) is 5.65. The minimum Gasteiger partial charge on any atom is -0.349 e. The first-order chi connectivity index (χ1) is 11.0. The van der Waals surface area contributed by atoms with Crippen LogP contribution >= 0.6 is 15.9 Å². The van der Waals surface area contributed by atoms with E-state index in [1.807, 2.05) is 19.1 Å². The number of aryl methyl sites for hydroxylation is 1. The Balaban J connectivity index is 2.14. The summed E-state index contributed by atoms with van der Waals surface area (Å²) in [7, 11) is 0. The number of nitrogens with one attached hydrogen (secondary N) is 2. The van der Waals surface area contributed by atoms with Gasteiger partial charge in [0, 0.05) is 28.5 Å². The summed E-state index contributed by atoms with van der Waals surface area (Å²) >= 11 is 3.41. The first-order valence-electron chi connectivity index (χ1n) is 6.94. The van der Waals surface area contributed by atoms with E-state index in [1.165, 1.54) is 12.3 Å². The normalized spacial score (nSPS) is 10.0. The third-order valence-electron chi connectivity index (χ3n) is 3.08. The first kappa shape index (κ1) is 16.9. The molecule has 0 radical (unpaired) electrons. The molecule has 0 bridgehead atoms. The van der Waals surface area contributed by atoms with Crippen molar-refractivity contribution in [2.45, 2.75) is 6.92 Å². The van der Waals surface area contributed by atoms with E-state index in [0.29, 0.717) is 17.8 Å². The van der Waals surface area contributed by atoms with E-state index < -0.39 is 0 Å². The zero-order valence-electron chi connectivity index (χ0n) is 12.6. The molecule has 0 aliphatic carbocycles. The van der Waals surface area contributed by atoms with E-state index in [-0.39, 0.29) is 17.5 Å². The Hall–Kier alpha value is -2.47. The average Bonchev–Trinajstić information content (AvgIpc) is 2.56. The monoisotopic (exact) mass is 373 g/mol. The highest BCUT2D eigenvalue weighted by atomic mass is 79.9. The van der Waals surface area contributed by atoms with Crippen molar-refractivity contribution in [1.29, 1.82) is 0 Å². The molecule has 0 atom stereocenters. The molecular weight excluding hydrogens is 358 g/mol. The molecule has 0 unspecified atom stereocenters. The lowest BCUT2D eigenvalue weighted by atomic mass is 10.2. The molecule has 0 saturated heterocycles. The van der Waals surface area contributed by atoms with Gasteiger partial charge in [0.15, 0.2) is 0 Å². The van der Waals surface area contributed by atoms with Crippen LogP contribution in [0, 0.1) is 6.92 Å². The van der Waals surface area contributed by atoms with Crippen LogP contribution < -0.4 is 10.6 Å². The van der Waals surface area contributed by atoms with Gasteiger partial charge in [-0.25, -0.2) is 0 Å². The fourth-order valence-electron chi connectivity index (χ4n) is 1.88. The molecule has 1 heterocycles. The highest BCUT2D eigenvalue weighted by Gasteiger charge is 2.12. The predicted molar refractivity (Wildman–Crippen MR) is 93.6 cm³/mol. The van der Waals surface area contributed by atoms with Gasteiger partial charge in [-0.05, 0) is 42.8 Å². The van der Waals surface area contributed by atoms with Gasteiger partial charge in [0.05, 0.1) is 0 Å². The second kappa shape index (κ2) is 7.69. The molecule has 1 aromatic heterocycles. The molecule has 2 aromatic rings. The van der Waals surface area contributed by atoms with E-state index in [1.54, 1.807) is 18.2 Å². The highest BCUT2D eigenvalue weighted by molar-refractivity contribution is 9.10. The van der Waals surface area contributed by atoms with Crippen molar-refractivity contribution in [3.8, 4) is 0 Å². The third kappa shape index (κ3) is 4.50. The van der Waals surface area contributed by atoms with Crippen molar-refractivity contribution in [2.75, 3.05) is 11.9 Å². The summed E-state index contributed by atoms with van der Waals surface area (Å²) in [6.07, 6.45) is 3.02. The van der Waals surface area contributed by atoms with Gasteiger partial charge in [0.1, 0.15) is 5.69 Å². The minimum atomic E-state index is -0.370. The lowest BCUT2D eigenvalue weighted by Gasteiger charge is -2.08. The lowest BCUT2D eigenvalue weighted by molar-refractivity contribution is 0.0958. The highest BCUT2D eigenvalue weighted by Crippen LogP contribution is 2.20. The number of hydrogen-bond acceptors (Lipinski definition) is 3. The molecule has 0 fully saturated rings. The molecular formula is C17H16BrN3O2. The van der Waals surface area contributed by atoms with E-state index in [9.17, 15) is 9.59 Å². The maximum Gasteiger partial charge on any atom is 0.274 e. The first-order valence-corrected chi connectivity index (χ1v) is 7.73. The Morgan fingerprint density at radius 2 is 2.04 bits per heavy atom. The molecule has 2 amide bonds. The maximum atomic E-state index is 12.3. The van der Waals surface area contributed by atoms with Crippen LogP contribution in [0.5, 0.6) is 0 Å². The van der Waals surface area contributed by atoms with Crippen LogP contribution in [0.3, 0.4) is 0 Å². The fraction of sp³-hybridized carbons (Fsp3) is 0.118. The summed E-state index contributed by atoms with van der Waals surface area (Å²) in [5.74, 6) is -0.647. The van der Waals surface area contributed by atoms with Crippen LogP contribution in [-0.4, -0.2) is 23.3 Å². The fourth-order valence-corrected chi connectivity index (χ4v) is 2.13. The number of amides is 2. The van der Waals surface area contributed by atoms with Gasteiger partial charge in [0.2, 0.25) is 0 Å². The number of hydrogen-bond donors (Lipinski definition) is 2. The van der Waals surface area contributed by atoms with E-state index in [2.05, 4.69) is 38.1 Å². The second-order valence-corrected chi connectivity index (χ2v) is 5.70. The van der Waals surface area contributed by atoms with Crippen molar-refractivity contribution in [3.63, 3.8) is 0 Å². The Bertz CT molecular complexity index is 759. The molecule has 6 heteroatoms. The number of benzene rings is 1. The molecule has 0 spiro atoms. The zero-order valence-corrected chi connectivity index (χ0v) is 14.2. The quantitative estimate of drug-likeness (QED) is 0.789. The molecule has 118 valence electrons. The number of carbonyl (C=O) groups excluding carboxylic acids is 2. The van der Waals surface area contributed by atoms with Gasteiger partial charge in [-0.2, -0.15) is 0 Å². The third-order valence-corrected chi connectivity index (χ3v) is 3.97. The van der Waals surface area contributed by atoms with Crippen LogP contribution in [0.25, 0.3) is 0 Å². The number of nitrogens with zero attached hydrogens (tertiary/aromatic N) is 1. The second-order valence-electron chi connectivity index (χ2n) is 4.85. The van der Waals surface area contributed by atoms with E-state index >= 15 is 0 Å². The van der Waals surface area contributed by atoms with Gasteiger partial charge >= 0.3 is 0 Å².